The summed E-state index contributed by atoms with van der Waals surface area (Å²) in [5.74, 6) is -0.792. The van der Waals surface area contributed by atoms with E-state index in [1.165, 1.54) is 0 Å². The Morgan fingerprint density at radius 1 is 1.50 bits per heavy atom. The van der Waals surface area contributed by atoms with Crippen molar-refractivity contribution in [2.45, 2.75) is 24.3 Å². The Morgan fingerprint density at radius 2 is 2.14 bits per heavy atom. The first-order chi connectivity index (χ1) is 5.70. The molecular formula is C6H11N3Na2O2S. The van der Waals surface area contributed by atoms with Crippen molar-refractivity contribution < 1.29 is 9.90 Å². The minimum absolute atomic E-state index is 0. The van der Waals surface area contributed by atoms with Crippen molar-refractivity contribution in [2.24, 2.45) is 0 Å². The number of aromatic amines is 1. The first-order valence-corrected chi connectivity index (χ1v) is 3.95. The average Bonchev–Trinajstić information content (AvgIpc) is 2.36. The van der Waals surface area contributed by atoms with Crippen molar-refractivity contribution in [3.05, 3.63) is 5.69 Å². The minimum atomic E-state index is -0.792. The number of H-pyrrole nitrogens is 1. The Labute approximate surface area is 131 Å². The van der Waals surface area contributed by atoms with Gasteiger partial charge in [-0.25, -0.2) is 0 Å². The van der Waals surface area contributed by atoms with E-state index >= 15 is 0 Å². The van der Waals surface area contributed by atoms with Crippen LogP contribution in [0.5, 0.6) is 0 Å². The summed E-state index contributed by atoms with van der Waals surface area (Å²) < 4.78 is 0. The molecule has 14 heavy (non-hydrogen) atoms. The van der Waals surface area contributed by atoms with E-state index < -0.39 is 5.97 Å². The summed E-state index contributed by atoms with van der Waals surface area (Å²) >= 11 is 4.05. The number of rotatable bonds is 4. The Balaban J connectivity index is 0. The maximum absolute atomic E-state index is 10.1. The molecule has 0 amide bonds. The number of thiol groups is 1. The fourth-order valence-electron chi connectivity index (χ4n) is 0.820. The molecule has 1 aromatic rings. The summed E-state index contributed by atoms with van der Waals surface area (Å²) in [6.07, 6.45) is 1.32. The number of hydrogen-bond acceptors (Lipinski definition) is 4. The van der Waals surface area contributed by atoms with E-state index in [0.29, 0.717) is 17.9 Å². The van der Waals surface area contributed by atoms with Crippen molar-refractivity contribution >= 4 is 77.7 Å². The third-order valence-corrected chi connectivity index (χ3v) is 1.76. The summed E-state index contributed by atoms with van der Waals surface area (Å²) in [4.78, 5) is 10.1. The monoisotopic (exact) mass is 235 g/mol. The van der Waals surface area contributed by atoms with Gasteiger partial charge >= 0.3 is 65.1 Å². The molecule has 0 spiro atoms. The van der Waals surface area contributed by atoms with E-state index in [1.807, 2.05) is 0 Å². The van der Waals surface area contributed by atoms with Gasteiger partial charge < -0.3 is 5.11 Å². The fourth-order valence-corrected chi connectivity index (χ4v) is 1.02. The first kappa shape index (κ1) is 17.4. The number of carbonyl (C=O) groups is 1. The molecule has 0 aliphatic carbocycles. The van der Waals surface area contributed by atoms with E-state index in [1.54, 1.807) is 0 Å². The van der Waals surface area contributed by atoms with Gasteiger partial charge in [0.25, 0.3) is 0 Å². The van der Waals surface area contributed by atoms with Crippen molar-refractivity contribution in [2.75, 3.05) is 0 Å². The van der Waals surface area contributed by atoms with Crippen LogP contribution in [0.25, 0.3) is 0 Å². The number of nitrogens with one attached hydrogen (secondary N) is 1. The van der Waals surface area contributed by atoms with Crippen LogP contribution in [-0.4, -0.2) is 85.6 Å². The average molecular weight is 235 g/mol. The molecular weight excluding hydrogens is 224 g/mol. The Morgan fingerprint density at radius 3 is 2.57 bits per heavy atom. The normalized spacial score (nSPS) is 8.64. The van der Waals surface area contributed by atoms with Gasteiger partial charge in [-0.15, -0.1) is 17.7 Å². The first-order valence-electron chi connectivity index (χ1n) is 3.51. The van der Waals surface area contributed by atoms with Gasteiger partial charge in [0, 0.05) is 6.42 Å². The maximum atomic E-state index is 10.1. The molecule has 0 saturated heterocycles. The van der Waals surface area contributed by atoms with Crippen molar-refractivity contribution in [1.29, 1.82) is 0 Å². The molecule has 1 rings (SSSR count). The zero-order valence-electron chi connectivity index (χ0n) is 6.32. The molecule has 0 bridgehead atoms. The van der Waals surface area contributed by atoms with Crippen LogP contribution in [0.15, 0.2) is 5.03 Å². The second-order valence-corrected chi connectivity index (χ2v) is 2.80. The molecule has 0 unspecified atom stereocenters. The van der Waals surface area contributed by atoms with Crippen LogP contribution in [0.3, 0.4) is 0 Å². The quantitative estimate of drug-likeness (QED) is 0.472. The molecule has 70 valence electrons. The van der Waals surface area contributed by atoms with Crippen LogP contribution in [0.4, 0.5) is 0 Å². The fraction of sp³-hybridized carbons (Fsp3) is 0.500. The molecule has 0 radical (unpaired) electrons. The predicted octanol–water partition coefficient (Wildman–Crippen LogP) is -0.796. The van der Waals surface area contributed by atoms with Gasteiger partial charge in [0.1, 0.15) is 5.03 Å². The zero-order chi connectivity index (χ0) is 8.97. The predicted molar refractivity (Wildman–Crippen MR) is 58.5 cm³/mol. The third kappa shape index (κ3) is 6.44. The number of nitrogens with zero attached hydrogens (tertiary/aromatic N) is 2. The SMILES string of the molecule is O=C(O)CCCc1nn[nH]c1S.[NaH].[NaH]. The van der Waals surface area contributed by atoms with Crippen molar-refractivity contribution in [3.63, 3.8) is 0 Å². The van der Waals surface area contributed by atoms with Crippen LogP contribution in [0, 0.1) is 0 Å². The Bertz CT molecular complexity index is 282. The number of aliphatic carboxylic acids is 1. The number of hydrogen-bond donors (Lipinski definition) is 3. The number of aromatic nitrogens is 3. The van der Waals surface area contributed by atoms with E-state index in [2.05, 4.69) is 28.0 Å². The molecule has 0 aromatic carbocycles. The van der Waals surface area contributed by atoms with Crippen LogP contribution in [0.1, 0.15) is 18.5 Å². The van der Waals surface area contributed by atoms with Gasteiger partial charge in [0.15, 0.2) is 0 Å². The molecule has 0 atom stereocenters. The van der Waals surface area contributed by atoms with Gasteiger partial charge in [-0.1, -0.05) is 5.21 Å². The number of carboxylic acids is 1. The zero-order valence-corrected chi connectivity index (χ0v) is 7.21. The Kier molecular flexibility index (Phi) is 11.4. The van der Waals surface area contributed by atoms with E-state index in [-0.39, 0.29) is 65.5 Å². The standard InChI is InChI=1S/C6H9N3O2S.2Na.2H/c10-5(11)3-1-2-4-6(12)8-9-7-4;;;;/h1-3H2,(H,10,11)(H2,7,8,9,12);;;;. The summed E-state index contributed by atoms with van der Waals surface area (Å²) in [6.45, 7) is 0. The van der Waals surface area contributed by atoms with Gasteiger partial charge in [-0.2, -0.15) is 0 Å². The summed E-state index contributed by atoms with van der Waals surface area (Å²) in [5, 5.41) is 18.8. The summed E-state index contributed by atoms with van der Waals surface area (Å²) in [5.41, 5.74) is 0.722. The molecule has 8 heteroatoms. The number of carboxylic acid groups (broad SMARTS) is 1. The molecule has 1 aromatic heterocycles. The topological polar surface area (TPSA) is 78.9 Å². The molecule has 0 fully saturated rings. The molecule has 0 aliphatic rings. The van der Waals surface area contributed by atoms with Crippen LogP contribution in [0.2, 0.25) is 0 Å². The van der Waals surface area contributed by atoms with Crippen LogP contribution < -0.4 is 0 Å². The molecule has 0 aliphatic heterocycles. The third-order valence-electron chi connectivity index (χ3n) is 1.40. The molecule has 0 saturated carbocycles. The molecule has 2 N–H and O–H groups in total. The van der Waals surface area contributed by atoms with Gasteiger partial charge in [0.05, 0.1) is 5.69 Å². The second kappa shape index (κ2) is 9.21. The van der Waals surface area contributed by atoms with Crippen LogP contribution >= 0.6 is 12.6 Å². The van der Waals surface area contributed by atoms with E-state index in [4.69, 9.17) is 5.11 Å². The van der Waals surface area contributed by atoms with Gasteiger partial charge in [0.2, 0.25) is 0 Å². The molecule has 5 nitrogen and oxygen atoms in total. The van der Waals surface area contributed by atoms with Gasteiger partial charge in [-0.05, 0) is 12.8 Å². The summed E-state index contributed by atoms with van der Waals surface area (Å²) in [6, 6.07) is 0. The van der Waals surface area contributed by atoms with Crippen molar-refractivity contribution in [3.8, 4) is 0 Å². The van der Waals surface area contributed by atoms with E-state index in [0.717, 1.165) is 5.69 Å². The molecule has 1 heterocycles. The second-order valence-electron chi connectivity index (χ2n) is 2.35. The van der Waals surface area contributed by atoms with Gasteiger partial charge in [-0.3, -0.25) is 9.89 Å². The number of aryl methyl sites for hydroxylation is 1. The van der Waals surface area contributed by atoms with E-state index in [9.17, 15) is 4.79 Å². The summed E-state index contributed by atoms with van der Waals surface area (Å²) in [7, 11) is 0. The van der Waals surface area contributed by atoms with Crippen LogP contribution in [-0.2, 0) is 11.2 Å². The Hall–Kier alpha value is 0.960. The van der Waals surface area contributed by atoms with Crippen molar-refractivity contribution in [1.82, 2.24) is 15.4 Å².